The third kappa shape index (κ3) is 5.01. The fourth-order valence-corrected chi connectivity index (χ4v) is 1.90. The first-order valence-corrected chi connectivity index (χ1v) is 6.97. The van der Waals surface area contributed by atoms with Gasteiger partial charge in [0.25, 0.3) is 0 Å². The van der Waals surface area contributed by atoms with Crippen LogP contribution in [0, 0.1) is 5.92 Å². The van der Waals surface area contributed by atoms with Crippen molar-refractivity contribution in [2.75, 3.05) is 25.5 Å². The molecule has 2 amide bonds. The lowest BCUT2D eigenvalue weighted by molar-refractivity contribution is -0.120. The van der Waals surface area contributed by atoms with Crippen LogP contribution in [0.15, 0.2) is 24.3 Å². The van der Waals surface area contributed by atoms with Crippen LogP contribution in [-0.2, 0) is 16.0 Å². The van der Waals surface area contributed by atoms with E-state index in [4.69, 9.17) is 0 Å². The van der Waals surface area contributed by atoms with Crippen LogP contribution < -0.4 is 16.0 Å². The van der Waals surface area contributed by atoms with E-state index in [0.717, 1.165) is 23.7 Å². The first kappa shape index (κ1) is 14.5. The molecule has 0 aromatic heterocycles. The third-order valence-corrected chi connectivity index (χ3v) is 3.30. The van der Waals surface area contributed by atoms with Crippen LogP contribution in [0.1, 0.15) is 18.4 Å². The molecule has 0 bridgehead atoms. The van der Waals surface area contributed by atoms with Crippen molar-refractivity contribution in [3.63, 3.8) is 0 Å². The molecule has 1 aromatic carbocycles. The second-order valence-electron chi connectivity index (χ2n) is 5.17. The van der Waals surface area contributed by atoms with Crippen molar-refractivity contribution in [1.82, 2.24) is 10.6 Å². The first-order chi connectivity index (χ1) is 9.67. The van der Waals surface area contributed by atoms with Crippen LogP contribution in [0.3, 0.4) is 0 Å². The van der Waals surface area contributed by atoms with Crippen LogP contribution in [-0.4, -0.2) is 32.0 Å². The Labute approximate surface area is 119 Å². The maximum absolute atomic E-state index is 11.7. The van der Waals surface area contributed by atoms with Gasteiger partial charge < -0.3 is 16.0 Å². The third-order valence-electron chi connectivity index (χ3n) is 3.30. The van der Waals surface area contributed by atoms with Gasteiger partial charge >= 0.3 is 0 Å². The summed E-state index contributed by atoms with van der Waals surface area (Å²) < 4.78 is 0. The van der Waals surface area contributed by atoms with Crippen LogP contribution in [0.2, 0.25) is 0 Å². The number of hydrogen-bond acceptors (Lipinski definition) is 3. The summed E-state index contributed by atoms with van der Waals surface area (Å²) in [5.74, 6) is 0.711. The summed E-state index contributed by atoms with van der Waals surface area (Å²) in [7, 11) is 1.62. The zero-order chi connectivity index (χ0) is 14.4. The Kier molecular flexibility index (Phi) is 5.12. The van der Waals surface area contributed by atoms with Crippen LogP contribution in [0.25, 0.3) is 0 Å². The molecule has 20 heavy (non-hydrogen) atoms. The quantitative estimate of drug-likeness (QED) is 0.693. The minimum Gasteiger partial charge on any atom is -0.359 e. The molecule has 1 fully saturated rings. The Hall–Kier alpha value is -1.88. The molecule has 108 valence electrons. The fraction of sp³-hybridized carbons (Fsp3) is 0.467. The smallest absolute Gasteiger partial charge is 0.238 e. The van der Waals surface area contributed by atoms with E-state index < -0.39 is 0 Å². The van der Waals surface area contributed by atoms with Gasteiger partial charge in [0.2, 0.25) is 11.8 Å². The highest BCUT2D eigenvalue weighted by Gasteiger charge is 2.20. The fourth-order valence-electron chi connectivity index (χ4n) is 1.90. The van der Waals surface area contributed by atoms with Gasteiger partial charge in [-0.1, -0.05) is 12.1 Å². The number of likely N-dealkylation sites (N-methyl/N-ethyl adjacent to an activating group) is 1. The van der Waals surface area contributed by atoms with Crippen LogP contribution in [0.4, 0.5) is 5.69 Å². The maximum Gasteiger partial charge on any atom is 0.238 e. The van der Waals surface area contributed by atoms with Crippen molar-refractivity contribution in [2.45, 2.75) is 19.3 Å². The van der Waals surface area contributed by atoms with Crippen molar-refractivity contribution >= 4 is 17.5 Å². The van der Waals surface area contributed by atoms with Gasteiger partial charge in [-0.25, -0.2) is 0 Å². The van der Waals surface area contributed by atoms with Gasteiger partial charge in [0.05, 0.1) is 13.0 Å². The van der Waals surface area contributed by atoms with Crippen molar-refractivity contribution < 1.29 is 9.59 Å². The topological polar surface area (TPSA) is 70.2 Å². The van der Waals surface area contributed by atoms with Gasteiger partial charge in [-0.3, -0.25) is 9.59 Å². The van der Waals surface area contributed by atoms with Crippen LogP contribution >= 0.6 is 0 Å². The highest BCUT2D eigenvalue weighted by Crippen LogP contribution is 2.27. The summed E-state index contributed by atoms with van der Waals surface area (Å²) in [5, 5.41) is 8.56. The molecular formula is C15H21N3O2. The highest BCUT2D eigenvalue weighted by molar-refractivity contribution is 5.92. The molecule has 0 radical (unpaired) electrons. The Morgan fingerprint density at radius 2 is 1.85 bits per heavy atom. The number of carbonyl (C=O) groups excluding carboxylic acids is 2. The average Bonchev–Trinajstić information content (AvgIpc) is 3.25. The van der Waals surface area contributed by atoms with E-state index in [-0.39, 0.29) is 11.8 Å². The zero-order valence-corrected chi connectivity index (χ0v) is 11.7. The van der Waals surface area contributed by atoms with E-state index in [1.807, 2.05) is 24.3 Å². The summed E-state index contributed by atoms with van der Waals surface area (Å²) in [4.78, 5) is 22.9. The molecule has 0 aliphatic heterocycles. The SMILES string of the molecule is CNC(=O)Cc1ccc(NC(=O)CNCC2CC2)cc1. The molecule has 0 spiro atoms. The van der Waals surface area contributed by atoms with Crippen molar-refractivity contribution in [3.05, 3.63) is 29.8 Å². The molecule has 1 saturated carbocycles. The van der Waals surface area contributed by atoms with Gasteiger partial charge in [0.15, 0.2) is 0 Å². The number of benzene rings is 1. The Morgan fingerprint density at radius 3 is 2.45 bits per heavy atom. The van der Waals surface area contributed by atoms with Crippen molar-refractivity contribution in [2.24, 2.45) is 5.92 Å². The standard InChI is InChI=1S/C15H21N3O2/c1-16-14(19)8-11-4-6-13(7-5-11)18-15(20)10-17-9-12-2-3-12/h4-7,12,17H,2-3,8-10H2,1H3,(H,16,19)(H,18,20). The summed E-state index contributed by atoms with van der Waals surface area (Å²) in [5.41, 5.74) is 1.68. The molecule has 3 N–H and O–H groups in total. The Bertz CT molecular complexity index is 467. The lowest BCUT2D eigenvalue weighted by Crippen LogP contribution is -2.29. The lowest BCUT2D eigenvalue weighted by atomic mass is 10.1. The van der Waals surface area contributed by atoms with Crippen LogP contribution in [0.5, 0.6) is 0 Å². The number of rotatable bonds is 7. The zero-order valence-electron chi connectivity index (χ0n) is 11.7. The van der Waals surface area contributed by atoms with E-state index in [2.05, 4.69) is 16.0 Å². The number of hydrogen-bond donors (Lipinski definition) is 3. The molecule has 0 saturated heterocycles. The number of carbonyl (C=O) groups is 2. The highest BCUT2D eigenvalue weighted by atomic mass is 16.2. The van der Waals surface area contributed by atoms with E-state index in [1.54, 1.807) is 7.05 Å². The molecule has 0 unspecified atom stereocenters. The molecule has 0 heterocycles. The van der Waals surface area contributed by atoms with Gasteiger partial charge in [0.1, 0.15) is 0 Å². The molecule has 1 aliphatic rings. The van der Waals surface area contributed by atoms with E-state index in [0.29, 0.717) is 13.0 Å². The predicted octanol–water partition coefficient (Wildman–Crippen LogP) is 0.913. The van der Waals surface area contributed by atoms with Gasteiger partial charge in [-0.05, 0) is 43.0 Å². The Morgan fingerprint density at radius 1 is 1.15 bits per heavy atom. The molecule has 2 rings (SSSR count). The summed E-state index contributed by atoms with van der Waals surface area (Å²) in [6.45, 7) is 1.27. The molecule has 5 heteroatoms. The monoisotopic (exact) mass is 275 g/mol. The summed E-state index contributed by atoms with van der Waals surface area (Å²) in [6.07, 6.45) is 2.91. The number of amides is 2. The van der Waals surface area contributed by atoms with Gasteiger partial charge in [-0.2, -0.15) is 0 Å². The average molecular weight is 275 g/mol. The number of nitrogens with one attached hydrogen (secondary N) is 3. The molecule has 0 atom stereocenters. The molecule has 1 aliphatic carbocycles. The van der Waals surface area contributed by atoms with Gasteiger partial charge in [-0.15, -0.1) is 0 Å². The molecule has 5 nitrogen and oxygen atoms in total. The second-order valence-corrected chi connectivity index (χ2v) is 5.17. The first-order valence-electron chi connectivity index (χ1n) is 6.97. The largest absolute Gasteiger partial charge is 0.359 e. The van der Waals surface area contributed by atoms with E-state index in [9.17, 15) is 9.59 Å². The minimum atomic E-state index is -0.0373. The van der Waals surface area contributed by atoms with E-state index in [1.165, 1.54) is 12.8 Å². The summed E-state index contributed by atoms with van der Waals surface area (Å²) in [6, 6.07) is 7.33. The number of anilines is 1. The van der Waals surface area contributed by atoms with E-state index >= 15 is 0 Å². The normalized spacial score (nSPS) is 13.8. The van der Waals surface area contributed by atoms with Crippen molar-refractivity contribution in [1.29, 1.82) is 0 Å². The van der Waals surface area contributed by atoms with Gasteiger partial charge in [0, 0.05) is 12.7 Å². The lowest BCUT2D eigenvalue weighted by Gasteiger charge is -2.07. The predicted molar refractivity (Wildman–Crippen MR) is 78.4 cm³/mol. The minimum absolute atomic E-state index is 0.0222. The maximum atomic E-state index is 11.7. The Balaban J connectivity index is 1.74. The summed E-state index contributed by atoms with van der Waals surface area (Å²) >= 11 is 0. The second kappa shape index (κ2) is 7.05. The molecular weight excluding hydrogens is 254 g/mol. The van der Waals surface area contributed by atoms with Crippen molar-refractivity contribution in [3.8, 4) is 0 Å². The molecule has 1 aromatic rings.